The summed E-state index contributed by atoms with van der Waals surface area (Å²) in [4.78, 5) is 25.1. The van der Waals surface area contributed by atoms with Gasteiger partial charge in [0.05, 0.1) is 11.6 Å². The Bertz CT molecular complexity index is 1160. The van der Waals surface area contributed by atoms with Crippen LogP contribution >= 0.6 is 0 Å². The Hall–Kier alpha value is -4.12. The van der Waals surface area contributed by atoms with Crippen molar-refractivity contribution in [3.63, 3.8) is 0 Å². The molecule has 5 heteroatoms. The number of nitrogens with zero attached hydrogens (tertiary/aromatic N) is 1. The predicted octanol–water partition coefficient (Wildman–Crippen LogP) is 4.73. The molecule has 1 N–H and O–H groups in total. The van der Waals surface area contributed by atoms with Gasteiger partial charge in [-0.05, 0) is 47.9 Å². The maximum atomic E-state index is 12.6. The molecule has 0 saturated carbocycles. The molecule has 4 rings (SSSR count). The van der Waals surface area contributed by atoms with Gasteiger partial charge in [0.1, 0.15) is 0 Å². The van der Waals surface area contributed by atoms with Gasteiger partial charge >= 0.3 is 5.97 Å². The third kappa shape index (κ3) is 5.52. The van der Waals surface area contributed by atoms with E-state index >= 15 is 0 Å². The van der Waals surface area contributed by atoms with E-state index in [1.165, 1.54) is 0 Å². The lowest BCUT2D eigenvalue weighted by Gasteiger charge is -2.19. The molecule has 0 unspecified atom stereocenters. The highest BCUT2D eigenvalue weighted by Gasteiger charge is 2.17. The van der Waals surface area contributed by atoms with Crippen LogP contribution in [-0.2, 0) is 16.0 Å². The fraction of sp³-hybridized carbons (Fsp3) is 0.111. The van der Waals surface area contributed by atoms with E-state index in [0.29, 0.717) is 12.0 Å². The van der Waals surface area contributed by atoms with Crippen LogP contribution in [0.15, 0.2) is 109 Å². The highest BCUT2D eigenvalue weighted by Crippen LogP contribution is 2.18. The first-order chi connectivity index (χ1) is 15.7. The largest absolute Gasteiger partial charge is 0.452 e. The molecule has 0 fully saturated rings. The average Bonchev–Trinajstić information content (AvgIpc) is 3.39. The number of amides is 1. The van der Waals surface area contributed by atoms with E-state index in [4.69, 9.17) is 4.74 Å². The average molecular weight is 425 g/mol. The Morgan fingerprint density at radius 1 is 0.812 bits per heavy atom. The van der Waals surface area contributed by atoms with Crippen LogP contribution in [-0.4, -0.2) is 23.1 Å². The first kappa shape index (κ1) is 21.1. The Kier molecular flexibility index (Phi) is 6.78. The molecular formula is C27H24N2O3. The fourth-order valence-electron chi connectivity index (χ4n) is 3.54. The van der Waals surface area contributed by atoms with Gasteiger partial charge in [0, 0.05) is 18.1 Å². The summed E-state index contributed by atoms with van der Waals surface area (Å²) < 4.78 is 7.19. The number of rotatable bonds is 8. The molecule has 1 heterocycles. The van der Waals surface area contributed by atoms with Crippen LogP contribution in [0.25, 0.3) is 5.69 Å². The Morgan fingerprint density at radius 3 is 2.22 bits per heavy atom. The quantitative estimate of drug-likeness (QED) is 0.416. The number of carbonyl (C=O) groups is 2. The molecule has 5 nitrogen and oxygen atoms in total. The summed E-state index contributed by atoms with van der Waals surface area (Å²) in [7, 11) is 0. The van der Waals surface area contributed by atoms with E-state index < -0.39 is 5.97 Å². The lowest BCUT2D eigenvalue weighted by atomic mass is 9.99. The summed E-state index contributed by atoms with van der Waals surface area (Å²) in [6.45, 7) is -0.343. The Morgan fingerprint density at radius 2 is 1.50 bits per heavy atom. The van der Waals surface area contributed by atoms with E-state index in [0.717, 1.165) is 16.8 Å². The molecule has 4 aromatic rings. The van der Waals surface area contributed by atoms with Crippen LogP contribution in [0.3, 0.4) is 0 Å². The zero-order chi connectivity index (χ0) is 22.2. The molecule has 32 heavy (non-hydrogen) atoms. The molecule has 3 aromatic carbocycles. The first-order valence-corrected chi connectivity index (χ1v) is 10.5. The van der Waals surface area contributed by atoms with Crippen molar-refractivity contribution in [2.75, 3.05) is 6.61 Å². The van der Waals surface area contributed by atoms with Crippen LogP contribution < -0.4 is 5.32 Å². The zero-order valence-electron chi connectivity index (χ0n) is 17.6. The number of aromatic nitrogens is 1. The minimum Gasteiger partial charge on any atom is -0.452 e. The molecule has 0 aliphatic carbocycles. The topological polar surface area (TPSA) is 60.3 Å². The third-order valence-corrected chi connectivity index (χ3v) is 5.14. The molecule has 1 amide bonds. The van der Waals surface area contributed by atoms with Crippen molar-refractivity contribution >= 4 is 11.9 Å². The number of hydrogen-bond donors (Lipinski definition) is 1. The van der Waals surface area contributed by atoms with Gasteiger partial charge in [-0.3, -0.25) is 4.79 Å². The van der Waals surface area contributed by atoms with Crippen LogP contribution in [0.2, 0.25) is 0 Å². The summed E-state index contributed by atoms with van der Waals surface area (Å²) in [6.07, 6.45) is 4.44. The van der Waals surface area contributed by atoms with Gasteiger partial charge < -0.3 is 14.6 Å². The van der Waals surface area contributed by atoms with Crippen molar-refractivity contribution in [1.82, 2.24) is 9.88 Å². The molecule has 1 aromatic heterocycles. The lowest BCUT2D eigenvalue weighted by Crippen LogP contribution is -2.33. The molecule has 160 valence electrons. The smallest absolute Gasteiger partial charge is 0.338 e. The van der Waals surface area contributed by atoms with Gasteiger partial charge in [0.15, 0.2) is 6.61 Å². The SMILES string of the molecule is O=C(COC(=O)c1cccc(-n2cccc2)c1)N[C@H](Cc1ccccc1)c1ccccc1. The lowest BCUT2D eigenvalue weighted by molar-refractivity contribution is -0.125. The van der Waals surface area contributed by atoms with Gasteiger partial charge in [0.2, 0.25) is 0 Å². The van der Waals surface area contributed by atoms with Crippen molar-refractivity contribution in [3.05, 3.63) is 126 Å². The van der Waals surface area contributed by atoms with E-state index in [2.05, 4.69) is 5.32 Å². The van der Waals surface area contributed by atoms with Crippen LogP contribution in [0, 0.1) is 0 Å². The molecule has 0 aliphatic rings. The van der Waals surface area contributed by atoms with Gasteiger partial charge in [-0.1, -0.05) is 66.7 Å². The molecule has 0 bridgehead atoms. The highest BCUT2D eigenvalue weighted by atomic mass is 16.5. The maximum Gasteiger partial charge on any atom is 0.338 e. The summed E-state index contributed by atoms with van der Waals surface area (Å²) in [5, 5.41) is 3.00. The van der Waals surface area contributed by atoms with Crippen molar-refractivity contribution in [3.8, 4) is 5.69 Å². The van der Waals surface area contributed by atoms with Crippen LogP contribution in [0.5, 0.6) is 0 Å². The molecule has 0 aliphatic heterocycles. The second-order valence-corrected chi connectivity index (χ2v) is 7.44. The van der Waals surface area contributed by atoms with Crippen LogP contribution in [0.1, 0.15) is 27.5 Å². The second kappa shape index (κ2) is 10.3. The van der Waals surface area contributed by atoms with Crippen molar-refractivity contribution in [2.45, 2.75) is 12.5 Å². The molecule has 0 saturated heterocycles. The van der Waals surface area contributed by atoms with Crippen molar-refractivity contribution in [2.24, 2.45) is 0 Å². The number of esters is 1. The van der Waals surface area contributed by atoms with E-state index in [9.17, 15) is 9.59 Å². The van der Waals surface area contributed by atoms with E-state index in [1.807, 2.05) is 95.8 Å². The van der Waals surface area contributed by atoms with Gasteiger partial charge in [-0.25, -0.2) is 4.79 Å². The van der Waals surface area contributed by atoms with E-state index in [1.54, 1.807) is 18.2 Å². The summed E-state index contributed by atoms with van der Waals surface area (Å²) in [5.41, 5.74) is 3.35. The highest BCUT2D eigenvalue weighted by molar-refractivity contribution is 5.91. The number of ether oxygens (including phenoxy) is 1. The summed E-state index contributed by atoms with van der Waals surface area (Å²) >= 11 is 0. The van der Waals surface area contributed by atoms with Gasteiger partial charge in [-0.2, -0.15) is 0 Å². The monoisotopic (exact) mass is 424 g/mol. The maximum absolute atomic E-state index is 12.6. The standard InChI is InChI=1S/C27H24N2O3/c30-26(20-32-27(31)23-14-9-15-24(19-23)29-16-7-8-17-29)28-25(22-12-5-2-6-13-22)18-21-10-3-1-4-11-21/h1-17,19,25H,18,20H2,(H,28,30)/t25-/m1/s1. The first-order valence-electron chi connectivity index (χ1n) is 10.5. The minimum atomic E-state index is -0.534. The molecular weight excluding hydrogens is 400 g/mol. The van der Waals surface area contributed by atoms with Crippen molar-refractivity contribution in [1.29, 1.82) is 0 Å². The summed E-state index contributed by atoms with van der Waals surface area (Å²) in [5.74, 6) is -0.877. The Balaban J connectivity index is 1.39. The molecule has 0 spiro atoms. The molecule has 0 radical (unpaired) electrons. The van der Waals surface area contributed by atoms with Gasteiger partial charge in [0.25, 0.3) is 5.91 Å². The minimum absolute atomic E-state index is 0.220. The number of benzene rings is 3. The summed E-state index contributed by atoms with van der Waals surface area (Å²) in [6, 6.07) is 30.5. The van der Waals surface area contributed by atoms with Crippen molar-refractivity contribution < 1.29 is 14.3 Å². The molecule has 1 atom stereocenters. The Labute approximate surface area is 187 Å². The number of nitrogens with one attached hydrogen (secondary N) is 1. The zero-order valence-corrected chi connectivity index (χ0v) is 17.6. The predicted molar refractivity (Wildman–Crippen MR) is 124 cm³/mol. The number of hydrogen-bond acceptors (Lipinski definition) is 3. The normalized spacial score (nSPS) is 11.5. The van der Waals surface area contributed by atoms with Gasteiger partial charge in [-0.15, -0.1) is 0 Å². The van der Waals surface area contributed by atoms with Crippen LogP contribution in [0.4, 0.5) is 0 Å². The number of carbonyl (C=O) groups excluding carboxylic acids is 2. The van der Waals surface area contributed by atoms with E-state index in [-0.39, 0.29) is 18.6 Å². The fourth-order valence-corrected chi connectivity index (χ4v) is 3.54. The second-order valence-electron chi connectivity index (χ2n) is 7.44. The third-order valence-electron chi connectivity index (χ3n) is 5.14.